The molecule has 0 aliphatic rings. The SMILES string of the molecule is COc1ccc(C)cc1CN(C)CCC(C)Br. The van der Waals surface area contributed by atoms with Crippen molar-refractivity contribution in [3.8, 4) is 5.75 Å². The predicted octanol–water partition coefficient (Wildman–Crippen LogP) is 3.61. The Morgan fingerprint density at radius 1 is 1.41 bits per heavy atom. The molecule has 0 aliphatic carbocycles. The predicted molar refractivity (Wildman–Crippen MR) is 77.1 cm³/mol. The van der Waals surface area contributed by atoms with Gasteiger partial charge in [0.2, 0.25) is 0 Å². The maximum absolute atomic E-state index is 5.39. The van der Waals surface area contributed by atoms with E-state index in [4.69, 9.17) is 4.74 Å². The first-order valence-corrected chi connectivity index (χ1v) is 6.90. The number of halogens is 1. The van der Waals surface area contributed by atoms with Gasteiger partial charge in [-0.1, -0.05) is 40.5 Å². The van der Waals surface area contributed by atoms with E-state index in [-0.39, 0.29) is 0 Å². The molecule has 1 atom stereocenters. The lowest BCUT2D eigenvalue weighted by Crippen LogP contribution is -2.21. The zero-order chi connectivity index (χ0) is 12.8. The molecule has 0 saturated carbocycles. The third-order valence-electron chi connectivity index (χ3n) is 2.78. The maximum atomic E-state index is 5.39. The lowest BCUT2D eigenvalue weighted by atomic mass is 10.1. The van der Waals surface area contributed by atoms with E-state index in [2.05, 4.69) is 53.9 Å². The van der Waals surface area contributed by atoms with Crippen LogP contribution >= 0.6 is 15.9 Å². The summed E-state index contributed by atoms with van der Waals surface area (Å²) >= 11 is 3.58. The van der Waals surface area contributed by atoms with E-state index in [1.807, 2.05) is 6.07 Å². The van der Waals surface area contributed by atoms with Crippen molar-refractivity contribution in [2.24, 2.45) is 0 Å². The van der Waals surface area contributed by atoms with Gasteiger partial charge in [-0.05, 0) is 33.0 Å². The van der Waals surface area contributed by atoms with Crippen LogP contribution in [0.3, 0.4) is 0 Å². The number of aryl methyl sites for hydroxylation is 1. The fourth-order valence-corrected chi connectivity index (χ4v) is 2.00. The van der Waals surface area contributed by atoms with Crippen LogP contribution in [-0.2, 0) is 6.54 Å². The van der Waals surface area contributed by atoms with Gasteiger partial charge in [-0.15, -0.1) is 0 Å². The summed E-state index contributed by atoms with van der Waals surface area (Å²) in [6.07, 6.45) is 1.16. The third kappa shape index (κ3) is 5.09. The summed E-state index contributed by atoms with van der Waals surface area (Å²) in [5, 5.41) is 0. The average molecular weight is 300 g/mol. The molecule has 1 aromatic rings. The van der Waals surface area contributed by atoms with Crippen LogP contribution in [-0.4, -0.2) is 30.4 Å². The van der Waals surface area contributed by atoms with Gasteiger partial charge in [0.1, 0.15) is 5.75 Å². The molecular weight excluding hydrogens is 278 g/mol. The Morgan fingerprint density at radius 2 is 2.12 bits per heavy atom. The molecule has 0 heterocycles. The third-order valence-corrected chi connectivity index (χ3v) is 3.24. The molecule has 0 saturated heterocycles. The Morgan fingerprint density at radius 3 is 2.71 bits per heavy atom. The van der Waals surface area contributed by atoms with Crippen LogP contribution in [0.1, 0.15) is 24.5 Å². The van der Waals surface area contributed by atoms with Crippen LogP contribution in [0.2, 0.25) is 0 Å². The number of nitrogens with zero attached hydrogens (tertiary/aromatic N) is 1. The van der Waals surface area contributed by atoms with Gasteiger partial charge >= 0.3 is 0 Å². The summed E-state index contributed by atoms with van der Waals surface area (Å²) in [6.45, 7) is 6.32. The van der Waals surface area contributed by atoms with E-state index in [1.54, 1.807) is 7.11 Å². The molecule has 0 fully saturated rings. The van der Waals surface area contributed by atoms with Crippen LogP contribution in [0.25, 0.3) is 0 Å². The molecule has 2 nitrogen and oxygen atoms in total. The second-order valence-electron chi connectivity index (χ2n) is 4.62. The van der Waals surface area contributed by atoms with Gasteiger partial charge in [0.05, 0.1) is 7.11 Å². The highest BCUT2D eigenvalue weighted by Gasteiger charge is 2.07. The van der Waals surface area contributed by atoms with Crippen molar-refractivity contribution < 1.29 is 4.74 Å². The first-order chi connectivity index (χ1) is 8.02. The van der Waals surface area contributed by atoms with Crippen LogP contribution < -0.4 is 4.74 Å². The number of ether oxygens (including phenoxy) is 1. The quantitative estimate of drug-likeness (QED) is 0.744. The molecule has 0 amide bonds. The van der Waals surface area contributed by atoms with Crippen LogP contribution in [0.15, 0.2) is 18.2 Å². The summed E-state index contributed by atoms with van der Waals surface area (Å²) in [5.74, 6) is 0.981. The molecule has 0 aromatic heterocycles. The number of methoxy groups -OCH3 is 1. The number of alkyl halides is 1. The van der Waals surface area contributed by atoms with Crippen LogP contribution in [0.5, 0.6) is 5.75 Å². The van der Waals surface area contributed by atoms with Crippen molar-refractivity contribution in [3.63, 3.8) is 0 Å². The molecule has 0 aliphatic heterocycles. The Hall–Kier alpha value is -0.540. The number of hydrogen-bond donors (Lipinski definition) is 0. The number of hydrogen-bond acceptors (Lipinski definition) is 2. The van der Waals surface area contributed by atoms with Gasteiger partial charge in [-0.3, -0.25) is 0 Å². The fraction of sp³-hybridized carbons (Fsp3) is 0.571. The van der Waals surface area contributed by atoms with Crippen molar-refractivity contribution in [1.29, 1.82) is 0 Å². The molecule has 96 valence electrons. The lowest BCUT2D eigenvalue weighted by molar-refractivity contribution is 0.314. The minimum absolute atomic E-state index is 0.573. The second kappa shape index (κ2) is 7.02. The van der Waals surface area contributed by atoms with Gasteiger partial charge in [-0.25, -0.2) is 0 Å². The topological polar surface area (TPSA) is 12.5 Å². The summed E-state index contributed by atoms with van der Waals surface area (Å²) in [6, 6.07) is 6.33. The molecule has 17 heavy (non-hydrogen) atoms. The zero-order valence-electron chi connectivity index (χ0n) is 11.2. The molecule has 1 rings (SSSR count). The average Bonchev–Trinajstić information content (AvgIpc) is 2.27. The number of rotatable bonds is 6. The molecule has 1 aromatic carbocycles. The van der Waals surface area contributed by atoms with Gasteiger partial charge in [-0.2, -0.15) is 0 Å². The van der Waals surface area contributed by atoms with Gasteiger partial charge in [0.25, 0.3) is 0 Å². The van der Waals surface area contributed by atoms with E-state index in [0.29, 0.717) is 4.83 Å². The number of benzene rings is 1. The maximum Gasteiger partial charge on any atom is 0.123 e. The largest absolute Gasteiger partial charge is 0.496 e. The summed E-state index contributed by atoms with van der Waals surface area (Å²) in [7, 11) is 3.88. The summed E-state index contributed by atoms with van der Waals surface area (Å²) in [4.78, 5) is 2.90. The first kappa shape index (κ1) is 14.5. The summed E-state index contributed by atoms with van der Waals surface area (Å²) < 4.78 is 5.39. The Kier molecular flexibility index (Phi) is 6.00. The fourth-order valence-electron chi connectivity index (χ4n) is 1.80. The smallest absolute Gasteiger partial charge is 0.123 e. The van der Waals surface area contributed by atoms with Crippen molar-refractivity contribution in [1.82, 2.24) is 4.90 Å². The molecular formula is C14H22BrNO. The highest BCUT2D eigenvalue weighted by atomic mass is 79.9. The lowest BCUT2D eigenvalue weighted by Gasteiger charge is -2.19. The second-order valence-corrected chi connectivity index (χ2v) is 6.19. The van der Waals surface area contributed by atoms with E-state index in [9.17, 15) is 0 Å². The van der Waals surface area contributed by atoms with Gasteiger partial charge in [0.15, 0.2) is 0 Å². The van der Waals surface area contributed by atoms with Crippen molar-refractivity contribution in [2.45, 2.75) is 31.6 Å². The van der Waals surface area contributed by atoms with Gasteiger partial charge in [0, 0.05) is 16.9 Å². The van der Waals surface area contributed by atoms with E-state index < -0.39 is 0 Å². The molecule has 0 radical (unpaired) electrons. The van der Waals surface area contributed by atoms with Gasteiger partial charge < -0.3 is 9.64 Å². The molecule has 0 N–H and O–H groups in total. The van der Waals surface area contributed by atoms with Crippen molar-refractivity contribution >= 4 is 15.9 Å². The monoisotopic (exact) mass is 299 g/mol. The minimum Gasteiger partial charge on any atom is -0.496 e. The van der Waals surface area contributed by atoms with E-state index >= 15 is 0 Å². The minimum atomic E-state index is 0.573. The summed E-state index contributed by atoms with van der Waals surface area (Å²) in [5.41, 5.74) is 2.54. The zero-order valence-corrected chi connectivity index (χ0v) is 12.8. The normalized spacial score (nSPS) is 12.8. The Balaban J connectivity index is 2.63. The highest BCUT2D eigenvalue weighted by Crippen LogP contribution is 2.21. The first-order valence-electron chi connectivity index (χ1n) is 5.99. The van der Waals surface area contributed by atoms with Crippen LogP contribution in [0.4, 0.5) is 0 Å². The molecule has 1 unspecified atom stereocenters. The van der Waals surface area contributed by atoms with Crippen LogP contribution in [0, 0.1) is 6.92 Å². The highest BCUT2D eigenvalue weighted by molar-refractivity contribution is 9.09. The van der Waals surface area contributed by atoms with E-state index in [0.717, 1.165) is 25.3 Å². The standard InChI is InChI=1S/C14H22BrNO/c1-11-5-6-14(17-4)13(9-11)10-16(3)8-7-12(2)15/h5-6,9,12H,7-8,10H2,1-4H3. The molecule has 3 heteroatoms. The van der Waals surface area contributed by atoms with Crippen molar-refractivity contribution in [3.05, 3.63) is 29.3 Å². The molecule has 0 spiro atoms. The Labute approximate surface area is 113 Å². The van der Waals surface area contributed by atoms with Crippen molar-refractivity contribution in [2.75, 3.05) is 20.7 Å². The van der Waals surface area contributed by atoms with E-state index in [1.165, 1.54) is 11.1 Å². The molecule has 0 bridgehead atoms. The Bertz CT molecular complexity index is 352.